The van der Waals surface area contributed by atoms with Crippen molar-refractivity contribution in [2.75, 3.05) is 13.2 Å². The minimum atomic E-state index is -4.65. The van der Waals surface area contributed by atoms with Gasteiger partial charge in [0.15, 0.2) is 17.4 Å². The number of hydrogen-bond acceptors (Lipinski definition) is 11. The molecule has 0 aromatic carbocycles. The maximum Gasteiger partial charge on any atom is 0.472 e. The molecule has 17 heteroatoms. The van der Waals surface area contributed by atoms with Crippen LogP contribution in [0.2, 0.25) is 0 Å². The minimum Gasteiger partial charge on any atom is -0.370 e. The molecule has 0 aliphatic carbocycles. The summed E-state index contributed by atoms with van der Waals surface area (Å²) in [6.45, 7) is 7.55. The fourth-order valence-electron chi connectivity index (χ4n) is 5.10. The number of nitrogens with one attached hydrogen (secondary N) is 1. The van der Waals surface area contributed by atoms with Gasteiger partial charge in [0, 0.05) is 11.8 Å². The molecular formula is C20H30N4O11P2. The van der Waals surface area contributed by atoms with E-state index < -0.39 is 69.8 Å². The summed E-state index contributed by atoms with van der Waals surface area (Å²) in [4.78, 5) is 44.7. The number of ether oxygens (including phenoxy) is 2. The summed E-state index contributed by atoms with van der Waals surface area (Å²) in [7, 11) is -9.18. The van der Waals surface area contributed by atoms with Crippen molar-refractivity contribution in [1.29, 1.82) is 0 Å². The number of aryl methyl sites for hydroxylation is 2. The van der Waals surface area contributed by atoms with E-state index in [0.29, 0.717) is 11.6 Å². The van der Waals surface area contributed by atoms with Gasteiger partial charge in [-0.05, 0) is 20.8 Å². The zero-order valence-electron chi connectivity index (χ0n) is 20.8. The van der Waals surface area contributed by atoms with Crippen LogP contribution in [0.25, 0.3) is 11.2 Å². The van der Waals surface area contributed by atoms with Crippen LogP contribution in [0.3, 0.4) is 0 Å². The van der Waals surface area contributed by atoms with Crippen LogP contribution < -0.4 is 5.56 Å². The summed E-state index contributed by atoms with van der Waals surface area (Å²) >= 11 is 0. The number of H-pyrrole nitrogens is 1. The number of phosphoric acid groups is 2. The lowest BCUT2D eigenvalue weighted by atomic mass is 10.00. The van der Waals surface area contributed by atoms with Gasteiger partial charge in [0.05, 0.1) is 31.5 Å². The van der Waals surface area contributed by atoms with Crippen LogP contribution in [0, 0.1) is 25.7 Å². The van der Waals surface area contributed by atoms with Crippen LogP contribution in [0.15, 0.2) is 4.79 Å². The highest BCUT2D eigenvalue weighted by atomic mass is 31.2. The monoisotopic (exact) mass is 564 g/mol. The summed E-state index contributed by atoms with van der Waals surface area (Å²) in [6.07, 6.45) is -5.19. The Hall–Kier alpha value is -1.51. The number of aromatic nitrogens is 4. The summed E-state index contributed by atoms with van der Waals surface area (Å²) < 4.78 is 60.8. The third-order valence-corrected chi connectivity index (χ3v) is 9.04. The maximum atomic E-state index is 13.1. The third-order valence-electron chi connectivity index (χ3n) is 7.07. The van der Waals surface area contributed by atoms with Gasteiger partial charge in [-0.2, -0.15) is 0 Å². The lowest BCUT2D eigenvalue weighted by Gasteiger charge is -2.27. The van der Waals surface area contributed by atoms with Crippen molar-refractivity contribution in [3.63, 3.8) is 0 Å². The number of imidazole rings is 1. The maximum absolute atomic E-state index is 13.1. The summed E-state index contributed by atoms with van der Waals surface area (Å²) in [5.74, 6) is -0.424. The number of nitrogens with zero attached hydrogens (tertiary/aromatic N) is 3. The average Bonchev–Trinajstić information content (AvgIpc) is 3.37. The van der Waals surface area contributed by atoms with E-state index in [1.807, 2.05) is 0 Å². The SMILES string of the molecule is Cc1nc2c(nc(C)n2C2OC3COP(=O)(O)OC4C(C)OC(COP(=O)(O)OC2C3C)C4C)c(=O)[nH]1. The van der Waals surface area contributed by atoms with Crippen LogP contribution in [0.5, 0.6) is 0 Å². The van der Waals surface area contributed by atoms with Gasteiger partial charge in [-0.3, -0.25) is 27.5 Å². The van der Waals surface area contributed by atoms with Crippen molar-refractivity contribution in [3.05, 3.63) is 22.0 Å². The largest absolute Gasteiger partial charge is 0.472 e. The number of aromatic amines is 1. The highest BCUT2D eigenvalue weighted by Crippen LogP contribution is 2.54. The molecule has 0 spiro atoms. The first-order chi connectivity index (χ1) is 17.3. The first kappa shape index (κ1) is 27.1. The van der Waals surface area contributed by atoms with E-state index in [1.54, 1.807) is 34.6 Å². The molecule has 3 fully saturated rings. The van der Waals surface area contributed by atoms with E-state index in [0.717, 1.165) is 0 Å². The van der Waals surface area contributed by atoms with Gasteiger partial charge in [0.25, 0.3) is 5.56 Å². The Balaban J connectivity index is 1.54. The third kappa shape index (κ3) is 5.10. The molecule has 15 nitrogen and oxygen atoms in total. The fourth-order valence-corrected chi connectivity index (χ4v) is 7.17. The Morgan fingerprint density at radius 2 is 1.49 bits per heavy atom. The van der Waals surface area contributed by atoms with Gasteiger partial charge in [0.1, 0.15) is 23.9 Å². The molecule has 3 saturated heterocycles. The van der Waals surface area contributed by atoms with Crippen LogP contribution in [0.4, 0.5) is 0 Å². The molecule has 3 N–H and O–H groups in total. The summed E-state index contributed by atoms with van der Waals surface area (Å²) in [5.41, 5.74) is -0.224. The molecule has 10 unspecified atom stereocenters. The number of fused-ring (bicyclic) bond motifs is 5. The van der Waals surface area contributed by atoms with E-state index in [4.69, 9.17) is 27.6 Å². The minimum absolute atomic E-state index is 0.0525. The van der Waals surface area contributed by atoms with Crippen molar-refractivity contribution in [3.8, 4) is 0 Å². The lowest BCUT2D eigenvalue weighted by Crippen LogP contribution is -2.31. The van der Waals surface area contributed by atoms with Crippen LogP contribution in [-0.2, 0) is 36.7 Å². The highest BCUT2D eigenvalue weighted by Gasteiger charge is 2.51. The van der Waals surface area contributed by atoms with Gasteiger partial charge in [-0.1, -0.05) is 13.8 Å². The van der Waals surface area contributed by atoms with Gasteiger partial charge >= 0.3 is 15.6 Å². The second-order valence-electron chi connectivity index (χ2n) is 9.68. The highest BCUT2D eigenvalue weighted by molar-refractivity contribution is 7.47. The molecule has 0 saturated carbocycles. The summed E-state index contributed by atoms with van der Waals surface area (Å²) in [5, 5.41) is 0. The average molecular weight is 564 g/mol. The molecule has 0 amide bonds. The zero-order valence-corrected chi connectivity index (χ0v) is 22.6. The molecule has 2 aromatic heterocycles. The normalized spacial score (nSPS) is 43.2. The number of hydrogen-bond donors (Lipinski definition) is 3. The molecule has 5 rings (SSSR count). The molecule has 3 aliphatic rings. The van der Waals surface area contributed by atoms with E-state index in [-0.39, 0.29) is 24.4 Å². The van der Waals surface area contributed by atoms with Gasteiger partial charge in [0.2, 0.25) is 0 Å². The first-order valence-electron chi connectivity index (χ1n) is 11.8. The quantitative estimate of drug-likeness (QED) is 0.424. The number of phosphoric ester groups is 2. The smallest absolute Gasteiger partial charge is 0.370 e. The van der Waals surface area contributed by atoms with E-state index in [9.17, 15) is 23.7 Å². The molecule has 37 heavy (non-hydrogen) atoms. The fraction of sp³-hybridized carbons (Fsp3) is 0.750. The van der Waals surface area contributed by atoms with E-state index in [1.165, 1.54) is 4.57 Å². The number of rotatable bonds is 1. The first-order valence-corrected chi connectivity index (χ1v) is 14.8. The van der Waals surface area contributed by atoms with Crippen molar-refractivity contribution in [2.45, 2.75) is 71.4 Å². The topological polar surface area (TPSA) is 194 Å². The summed E-state index contributed by atoms with van der Waals surface area (Å²) in [6, 6.07) is 0. The van der Waals surface area contributed by atoms with Gasteiger partial charge in [-0.15, -0.1) is 0 Å². The molecular weight excluding hydrogens is 534 g/mol. The van der Waals surface area contributed by atoms with Crippen molar-refractivity contribution < 1.29 is 46.5 Å². The zero-order chi connectivity index (χ0) is 26.9. The Kier molecular flexibility index (Phi) is 7.02. The standard InChI is InChI=1S/C20H30N4O11P2/c1-8-13-6-30-37(28,29)35-17-9(2)14(7-31-36(26,27)34-16(8)10(3)32-13)33-20(17)24-12(5)23-15-18(24)21-11(4)22-19(15)25/h8-10,13-14,16-17,20H,6-7H2,1-5H3,(H,26,27)(H,28,29)(H,21,22,25). The lowest BCUT2D eigenvalue weighted by molar-refractivity contribution is -0.0564. The molecule has 3 aliphatic heterocycles. The molecule has 2 aromatic rings. The van der Waals surface area contributed by atoms with Crippen LogP contribution in [-0.4, -0.2) is 73.0 Å². The second-order valence-corrected chi connectivity index (χ2v) is 12.5. The van der Waals surface area contributed by atoms with Crippen LogP contribution >= 0.6 is 15.6 Å². The molecule has 0 radical (unpaired) electrons. The van der Waals surface area contributed by atoms with Gasteiger partial charge < -0.3 is 24.2 Å². The Morgan fingerprint density at radius 1 is 0.919 bits per heavy atom. The van der Waals surface area contributed by atoms with Crippen molar-refractivity contribution in [2.24, 2.45) is 11.8 Å². The Labute approximate surface area is 211 Å². The molecule has 206 valence electrons. The molecule has 10 atom stereocenters. The van der Waals surface area contributed by atoms with E-state index >= 15 is 0 Å². The Bertz CT molecular complexity index is 1350. The van der Waals surface area contributed by atoms with E-state index in [2.05, 4.69) is 15.0 Å². The predicted octanol–water partition coefficient (Wildman–Crippen LogP) is 1.71. The van der Waals surface area contributed by atoms with Crippen molar-refractivity contribution in [1.82, 2.24) is 19.5 Å². The molecule has 5 heterocycles. The van der Waals surface area contributed by atoms with Gasteiger partial charge in [-0.25, -0.2) is 19.1 Å². The van der Waals surface area contributed by atoms with Crippen molar-refractivity contribution >= 4 is 26.8 Å². The van der Waals surface area contributed by atoms with Crippen LogP contribution in [0.1, 0.15) is 38.6 Å². The Morgan fingerprint density at radius 3 is 2.14 bits per heavy atom. The second kappa shape index (κ2) is 9.60. The predicted molar refractivity (Wildman–Crippen MR) is 125 cm³/mol. The molecule has 4 bridgehead atoms.